The number of anilines is 1. The van der Waals surface area contributed by atoms with E-state index in [1.807, 2.05) is 11.8 Å². The van der Waals surface area contributed by atoms with Gasteiger partial charge >= 0.3 is 0 Å². The van der Waals surface area contributed by atoms with Gasteiger partial charge in [-0.1, -0.05) is 6.92 Å². The molecule has 0 saturated heterocycles. The molecule has 0 unspecified atom stereocenters. The molecular formula is C17H23FN2O2S. The number of hydrogen-bond donors (Lipinski definition) is 1. The highest BCUT2D eigenvalue weighted by Crippen LogP contribution is 2.33. The van der Waals surface area contributed by atoms with E-state index in [-0.39, 0.29) is 23.4 Å². The Hall–Kier alpha value is -1.56. The molecule has 4 nitrogen and oxygen atoms in total. The Labute approximate surface area is 140 Å². The fourth-order valence-corrected chi connectivity index (χ4v) is 4.11. The normalized spacial score (nSPS) is 20.3. The zero-order valence-electron chi connectivity index (χ0n) is 13.8. The maximum absolute atomic E-state index is 14.0. The predicted molar refractivity (Wildman–Crippen MR) is 92.4 cm³/mol. The van der Waals surface area contributed by atoms with Crippen molar-refractivity contribution >= 4 is 29.3 Å². The van der Waals surface area contributed by atoms with Crippen LogP contribution in [0, 0.1) is 5.82 Å². The summed E-state index contributed by atoms with van der Waals surface area (Å²) in [6.45, 7) is 3.51. The van der Waals surface area contributed by atoms with Crippen LogP contribution in [-0.2, 0) is 4.79 Å². The molecule has 6 heteroatoms. The molecule has 1 N–H and O–H groups in total. The van der Waals surface area contributed by atoms with Gasteiger partial charge < -0.3 is 10.2 Å². The van der Waals surface area contributed by atoms with E-state index in [1.54, 1.807) is 11.9 Å². The number of carbonyl (C=O) groups is 2. The molecule has 2 rings (SSSR count). The number of nitrogens with one attached hydrogen (secondary N) is 1. The molecule has 23 heavy (non-hydrogen) atoms. The molecule has 0 aliphatic heterocycles. The molecule has 1 aromatic rings. The van der Waals surface area contributed by atoms with Gasteiger partial charge in [-0.15, -0.1) is 0 Å². The van der Waals surface area contributed by atoms with Crippen molar-refractivity contribution in [2.75, 3.05) is 18.1 Å². The Kier molecular flexibility index (Phi) is 6.04. The highest BCUT2D eigenvalue weighted by Gasteiger charge is 2.31. The standard InChI is InChI=1S/C17H23FN2O2S/c1-4-23-14-7-6-13(10-14)20(3)17(22)15-9-12(19-11(2)21)5-8-16(15)18/h5,8-9,13-14H,4,6-7,10H2,1-3H3,(H,19,21)/t13-,14-/m0/s1. The molecule has 0 radical (unpaired) electrons. The summed E-state index contributed by atoms with van der Waals surface area (Å²) in [5.41, 5.74) is 0.437. The van der Waals surface area contributed by atoms with Gasteiger partial charge in [-0.2, -0.15) is 11.8 Å². The minimum atomic E-state index is -0.562. The average molecular weight is 338 g/mol. The fourth-order valence-electron chi connectivity index (χ4n) is 2.98. The Balaban J connectivity index is 2.11. The molecule has 126 valence electrons. The van der Waals surface area contributed by atoms with E-state index in [0.717, 1.165) is 25.0 Å². The lowest BCUT2D eigenvalue weighted by Gasteiger charge is -2.25. The molecule has 2 atom stereocenters. The third-order valence-corrected chi connectivity index (χ3v) is 5.38. The van der Waals surface area contributed by atoms with Crippen molar-refractivity contribution in [3.63, 3.8) is 0 Å². The largest absolute Gasteiger partial charge is 0.339 e. The van der Waals surface area contributed by atoms with Crippen LogP contribution < -0.4 is 5.32 Å². The second-order valence-corrected chi connectivity index (χ2v) is 7.41. The lowest BCUT2D eigenvalue weighted by atomic mass is 10.1. The van der Waals surface area contributed by atoms with Crippen LogP contribution in [-0.4, -0.2) is 40.8 Å². The second-order valence-electron chi connectivity index (χ2n) is 5.84. The molecule has 0 spiro atoms. The lowest BCUT2D eigenvalue weighted by Crippen LogP contribution is -2.36. The Morgan fingerprint density at radius 2 is 2.13 bits per heavy atom. The first-order chi connectivity index (χ1) is 10.9. The highest BCUT2D eigenvalue weighted by atomic mass is 32.2. The number of hydrogen-bond acceptors (Lipinski definition) is 3. The third-order valence-electron chi connectivity index (χ3n) is 4.14. The summed E-state index contributed by atoms with van der Waals surface area (Å²) in [4.78, 5) is 25.4. The van der Waals surface area contributed by atoms with E-state index in [0.29, 0.717) is 10.9 Å². The van der Waals surface area contributed by atoms with Crippen LogP contribution in [0.4, 0.5) is 10.1 Å². The molecule has 1 saturated carbocycles. The first-order valence-electron chi connectivity index (χ1n) is 7.88. The Bertz CT molecular complexity index is 594. The molecular weight excluding hydrogens is 315 g/mol. The lowest BCUT2D eigenvalue weighted by molar-refractivity contribution is -0.114. The van der Waals surface area contributed by atoms with Gasteiger partial charge in [0.25, 0.3) is 5.91 Å². The maximum atomic E-state index is 14.0. The molecule has 0 heterocycles. The minimum absolute atomic E-state index is 0.00495. The van der Waals surface area contributed by atoms with Crippen LogP contribution in [0.1, 0.15) is 43.5 Å². The van der Waals surface area contributed by atoms with Crippen molar-refractivity contribution in [3.8, 4) is 0 Å². The summed E-state index contributed by atoms with van der Waals surface area (Å²) in [6, 6.07) is 4.23. The summed E-state index contributed by atoms with van der Waals surface area (Å²) in [6.07, 6.45) is 3.00. The van der Waals surface area contributed by atoms with Crippen molar-refractivity contribution in [3.05, 3.63) is 29.6 Å². The zero-order valence-corrected chi connectivity index (χ0v) is 14.6. The SMILES string of the molecule is CCS[C@H]1CC[C@H](N(C)C(=O)c2cc(NC(C)=O)ccc2F)C1. The van der Waals surface area contributed by atoms with Crippen molar-refractivity contribution in [2.45, 2.75) is 44.4 Å². The van der Waals surface area contributed by atoms with E-state index in [9.17, 15) is 14.0 Å². The van der Waals surface area contributed by atoms with E-state index >= 15 is 0 Å². The quantitative estimate of drug-likeness (QED) is 0.893. The number of amides is 2. The van der Waals surface area contributed by atoms with Gasteiger partial charge in [0.05, 0.1) is 5.56 Å². The second kappa shape index (κ2) is 7.81. The topological polar surface area (TPSA) is 49.4 Å². The van der Waals surface area contributed by atoms with E-state index in [4.69, 9.17) is 0 Å². The van der Waals surface area contributed by atoms with Crippen molar-refractivity contribution < 1.29 is 14.0 Å². The summed E-state index contributed by atoms with van der Waals surface area (Å²) in [5.74, 6) is -0.0727. The minimum Gasteiger partial charge on any atom is -0.339 e. The van der Waals surface area contributed by atoms with Crippen LogP contribution in [0.2, 0.25) is 0 Å². The average Bonchev–Trinajstić information content (AvgIpc) is 2.96. The number of thioether (sulfide) groups is 1. The smallest absolute Gasteiger partial charge is 0.256 e. The molecule has 1 aliphatic rings. The fraction of sp³-hybridized carbons (Fsp3) is 0.529. The van der Waals surface area contributed by atoms with Gasteiger partial charge in [0.15, 0.2) is 0 Å². The van der Waals surface area contributed by atoms with Crippen LogP contribution in [0.25, 0.3) is 0 Å². The number of rotatable bonds is 5. The van der Waals surface area contributed by atoms with Gasteiger partial charge in [-0.05, 0) is 43.2 Å². The van der Waals surface area contributed by atoms with Crippen molar-refractivity contribution in [2.24, 2.45) is 0 Å². The third kappa shape index (κ3) is 4.47. The van der Waals surface area contributed by atoms with E-state index in [1.165, 1.54) is 25.1 Å². The van der Waals surface area contributed by atoms with Gasteiger partial charge in [-0.3, -0.25) is 9.59 Å². The summed E-state index contributed by atoms with van der Waals surface area (Å²) < 4.78 is 14.0. The van der Waals surface area contributed by atoms with Crippen LogP contribution >= 0.6 is 11.8 Å². The number of carbonyl (C=O) groups excluding carboxylic acids is 2. The molecule has 1 aromatic carbocycles. The van der Waals surface area contributed by atoms with Crippen LogP contribution in [0.3, 0.4) is 0 Å². The van der Waals surface area contributed by atoms with E-state index < -0.39 is 5.82 Å². The first kappa shape index (κ1) is 17.8. The Morgan fingerprint density at radius 3 is 2.78 bits per heavy atom. The molecule has 2 amide bonds. The summed E-state index contributed by atoms with van der Waals surface area (Å²) in [7, 11) is 1.73. The number of halogens is 1. The monoisotopic (exact) mass is 338 g/mol. The van der Waals surface area contributed by atoms with Crippen molar-refractivity contribution in [1.82, 2.24) is 4.90 Å². The zero-order chi connectivity index (χ0) is 17.0. The summed E-state index contributed by atoms with van der Waals surface area (Å²) in [5, 5.41) is 3.16. The van der Waals surface area contributed by atoms with Gasteiger partial charge in [0.1, 0.15) is 5.82 Å². The predicted octanol–water partition coefficient (Wildman–Crippen LogP) is 3.53. The van der Waals surface area contributed by atoms with Crippen molar-refractivity contribution in [1.29, 1.82) is 0 Å². The molecule has 1 aliphatic carbocycles. The number of nitrogens with zero attached hydrogens (tertiary/aromatic N) is 1. The highest BCUT2D eigenvalue weighted by molar-refractivity contribution is 7.99. The van der Waals surface area contributed by atoms with Crippen LogP contribution in [0.15, 0.2) is 18.2 Å². The molecule has 1 fully saturated rings. The number of benzene rings is 1. The first-order valence-corrected chi connectivity index (χ1v) is 8.93. The Morgan fingerprint density at radius 1 is 1.39 bits per heavy atom. The summed E-state index contributed by atoms with van der Waals surface area (Å²) >= 11 is 1.92. The maximum Gasteiger partial charge on any atom is 0.256 e. The van der Waals surface area contributed by atoms with E-state index in [2.05, 4.69) is 12.2 Å². The van der Waals surface area contributed by atoms with Gasteiger partial charge in [-0.25, -0.2) is 4.39 Å². The van der Waals surface area contributed by atoms with Crippen LogP contribution in [0.5, 0.6) is 0 Å². The molecule has 0 aromatic heterocycles. The van der Waals surface area contributed by atoms with Gasteiger partial charge in [0.2, 0.25) is 5.91 Å². The van der Waals surface area contributed by atoms with Gasteiger partial charge in [0, 0.05) is 31.0 Å². The molecule has 0 bridgehead atoms.